The minimum atomic E-state index is -0.965. The molecule has 1 N–H and O–H groups in total. The van der Waals surface area contributed by atoms with Gasteiger partial charge in [-0.25, -0.2) is 0 Å². The molecule has 0 aromatic heterocycles. The Labute approximate surface area is 134 Å². The smallest absolute Gasteiger partial charge is 0.153 e. The van der Waals surface area contributed by atoms with Crippen LogP contribution in [0.4, 0.5) is 0 Å². The van der Waals surface area contributed by atoms with Crippen LogP contribution < -0.4 is 0 Å². The normalized spacial score (nSPS) is 22.8. The number of nitrogens with zero attached hydrogens (tertiary/aromatic N) is 1. The molecule has 0 bridgehead atoms. The van der Waals surface area contributed by atoms with E-state index in [1.807, 2.05) is 30.3 Å². The van der Waals surface area contributed by atoms with Gasteiger partial charge < -0.3 is 5.11 Å². The molecule has 2 fully saturated rings. The van der Waals surface area contributed by atoms with Gasteiger partial charge in [0.15, 0.2) is 5.60 Å². The highest BCUT2D eigenvalue weighted by Gasteiger charge is 2.38. The number of benzene rings is 1. The summed E-state index contributed by atoms with van der Waals surface area (Å²) in [6.45, 7) is 3.10. The van der Waals surface area contributed by atoms with Crippen LogP contribution in [0.1, 0.15) is 50.5 Å². The lowest BCUT2D eigenvalue weighted by atomic mass is 9.80. The molecule has 0 spiro atoms. The van der Waals surface area contributed by atoms with Crippen LogP contribution in [0, 0.1) is 17.8 Å². The topological polar surface area (TPSA) is 23.5 Å². The average molecular weight is 297 g/mol. The molecule has 2 aliphatic rings. The number of piperidine rings is 1. The van der Waals surface area contributed by atoms with Crippen molar-refractivity contribution in [3.05, 3.63) is 35.9 Å². The third kappa shape index (κ3) is 3.54. The molecule has 1 aliphatic carbocycles. The van der Waals surface area contributed by atoms with Crippen molar-refractivity contribution < 1.29 is 5.11 Å². The lowest BCUT2D eigenvalue weighted by Crippen LogP contribution is -2.33. The average Bonchev–Trinajstić information content (AvgIpc) is 3.12. The van der Waals surface area contributed by atoms with Gasteiger partial charge in [-0.1, -0.05) is 61.4 Å². The minimum Gasteiger partial charge on any atom is -0.373 e. The fourth-order valence-electron chi connectivity index (χ4n) is 3.85. The van der Waals surface area contributed by atoms with Gasteiger partial charge in [0.25, 0.3) is 0 Å². The van der Waals surface area contributed by atoms with Crippen molar-refractivity contribution in [3.63, 3.8) is 0 Å². The molecule has 1 atom stereocenters. The maximum atomic E-state index is 11.3. The first kappa shape index (κ1) is 15.6. The first-order valence-corrected chi connectivity index (χ1v) is 8.79. The highest BCUT2D eigenvalue weighted by atomic mass is 16.3. The van der Waals surface area contributed by atoms with E-state index in [4.69, 9.17) is 0 Å². The van der Waals surface area contributed by atoms with Crippen LogP contribution in [0.5, 0.6) is 0 Å². The SMILES string of the molecule is OC(C#CCN1CCCCC1)(c1ccccc1)C1CCCC1. The standard InChI is InChI=1S/C20H27NO/c22-20(19-12-5-6-13-19,18-10-3-1-4-11-18)14-9-17-21-15-7-2-8-16-21/h1,3-4,10-11,19,22H,2,5-8,12-13,15-17H2. The van der Waals surface area contributed by atoms with E-state index >= 15 is 0 Å². The first-order chi connectivity index (χ1) is 10.8. The van der Waals surface area contributed by atoms with Crippen LogP contribution >= 0.6 is 0 Å². The Morgan fingerprint density at radius 3 is 2.36 bits per heavy atom. The summed E-state index contributed by atoms with van der Waals surface area (Å²) in [6, 6.07) is 10.0. The quantitative estimate of drug-likeness (QED) is 0.862. The van der Waals surface area contributed by atoms with E-state index in [1.54, 1.807) is 0 Å². The molecule has 1 unspecified atom stereocenters. The molecule has 1 saturated carbocycles. The fourth-order valence-corrected chi connectivity index (χ4v) is 3.85. The maximum absolute atomic E-state index is 11.3. The third-order valence-electron chi connectivity index (χ3n) is 5.19. The van der Waals surface area contributed by atoms with Crippen LogP contribution in [0.3, 0.4) is 0 Å². The van der Waals surface area contributed by atoms with Gasteiger partial charge in [0.05, 0.1) is 6.54 Å². The fraction of sp³-hybridized carbons (Fsp3) is 0.600. The summed E-state index contributed by atoms with van der Waals surface area (Å²) in [4.78, 5) is 2.41. The van der Waals surface area contributed by atoms with Crippen molar-refractivity contribution in [2.45, 2.75) is 50.5 Å². The van der Waals surface area contributed by atoms with Crippen molar-refractivity contribution >= 4 is 0 Å². The van der Waals surface area contributed by atoms with E-state index in [0.717, 1.165) is 38.0 Å². The van der Waals surface area contributed by atoms with E-state index < -0.39 is 5.60 Å². The zero-order chi connectivity index (χ0) is 15.3. The molecule has 118 valence electrons. The minimum absolute atomic E-state index is 0.281. The summed E-state index contributed by atoms with van der Waals surface area (Å²) in [5.41, 5.74) is 0.00105. The van der Waals surface area contributed by atoms with E-state index in [2.05, 4.69) is 16.7 Å². The Morgan fingerprint density at radius 2 is 1.68 bits per heavy atom. The van der Waals surface area contributed by atoms with Gasteiger partial charge in [0.1, 0.15) is 0 Å². The summed E-state index contributed by atoms with van der Waals surface area (Å²) < 4.78 is 0. The number of hydrogen-bond donors (Lipinski definition) is 1. The summed E-state index contributed by atoms with van der Waals surface area (Å²) in [5.74, 6) is 6.84. The van der Waals surface area contributed by atoms with Crippen molar-refractivity contribution in [2.24, 2.45) is 5.92 Å². The second-order valence-corrected chi connectivity index (χ2v) is 6.75. The molecule has 1 saturated heterocycles. The van der Waals surface area contributed by atoms with Crippen molar-refractivity contribution in [3.8, 4) is 11.8 Å². The molecule has 2 heteroatoms. The lowest BCUT2D eigenvalue weighted by molar-refractivity contribution is 0.0367. The van der Waals surface area contributed by atoms with Crippen LogP contribution in [-0.4, -0.2) is 29.6 Å². The van der Waals surface area contributed by atoms with E-state index in [9.17, 15) is 5.11 Å². The second kappa shape index (κ2) is 7.31. The van der Waals surface area contributed by atoms with Crippen molar-refractivity contribution in [1.29, 1.82) is 0 Å². The molecule has 1 heterocycles. The Hall–Kier alpha value is -1.30. The Bertz CT molecular complexity index is 518. The van der Waals surface area contributed by atoms with Gasteiger partial charge in [-0.15, -0.1) is 0 Å². The molecule has 1 aromatic carbocycles. The monoisotopic (exact) mass is 297 g/mol. The number of aliphatic hydroxyl groups is 1. The molecule has 0 amide bonds. The predicted molar refractivity (Wildman–Crippen MR) is 90.4 cm³/mol. The van der Waals surface area contributed by atoms with Crippen LogP contribution in [-0.2, 0) is 5.60 Å². The number of likely N-dealkylation sites (tertiary alicyclic amines) is 1. The summed E-state index contributed by atoms with van der Waals surface area (Å²) in [7, 11) is 0. The van der Waals surface area contributed by atoms with Gasteiger partial charge in [-0.2, -0.15) is 0 Å². The second-order valence-electron chi connectivity index (χ2n) is 6.75. The van der Waals surface area contributed by atoms with Crippen LogP contribution in [0.2, 0.25) is 0 Å². The van der Waals surface area contributed by atoms with Crippen molar-refractivity contribution in [2.75, 3.05) is 19.6 Å². The molecular formula is C20H27NO. The highest BCUT2D eigenvalue weighted by molar-refractivity contribution is 5.33. The molecule has 1 aliphatic heterocycles. The van der Waals surface area contributed by atoms with Crippen LogP contribution in [0.25, 0.3) is 0 Å². The summed E-state index contributed by atoms with van der Waals surface area (Å²) in [6.07, 6.45) is 8.52. The molecule has 2 nitrogen and oxygen atoms in total. The van der Waals surface area contributed by atoms with E-state index in [1.165, 1.54) is 32.1 Å². The Morgan fingerprint density at radius 1 is 1.00 bits per heavy atom. The molecule has 3 rings (SSSR count). The predicted octanol–water partition coefficient (Wildman–Crippen LogP) is 3.55. The molecular weight excluding hydrogens is 270 g/mol. The van der Waals surface area contributed by atoms with E-state index in [0.29, 0.717) is 0 Å². The number of hydrogen-bond acceptors (Lipinski definition) is 2. The Kier molecular flexibility index (Phi) is 5.18. The lowest BCUT2D eigenvalue weighted by Gasteiger charge is -2.30. The van der Waals surface area contributed by atoms with Gasteiger partial charge in [-0.3, -0.25) is 4.90 Å². The van der Waals surface area contributed by atoms with E-state index in [-0.39, 0.29) is 5.92 Å². The van der Waals surface area contributed by atoms with Crippen LogP contribution in [0.15, 0.2) is 30.3 Å². The van der Waals surface area contributed by atoms with Gasteiger partial charge in [0, 0.05) is 5.92 Å². The third-order valence-corrected chi connectivity index (χ3v) is 5.19. The molecule has 22 heavy (non-hydrogen) atoms. The zero-order valence-corrected chi connectivity index (χ0v) is 13.4. The number of rotatable bonds is 3. The van der Waals surface area contributed by atoms with Gasteiger partial charge in [0.2, 0.25) is 0 Å². The Balaban J connectivity index is 1.77. The van der Waals surface area contributed by atoms with Crippen molar-refractivity contribution in [1.82, 2.24) is 4.90 Å². The molecule has 1 aromatic rings. The largest absolute Gasteiger partial charge is 0.373 e. The summed E-state index contributed by atoms with van der Waals surface area (Å²) in [5, 5.41) is 11.3. The van der Waals surface area contributed by atoms with Gasteiger partial charge >= 0.3 is 0 Å². The highest BCUT2D eigenvalue weighted by Crippen LogP contribution is 2.40. The van der Waals surface area contributed by atoms with Gasteiger partial charge in [-0.05, 0) is 44.3 Å². The molecule has 0 radical (unpaired) electrons. The zero-order valence-electron chi connectivity index (χ0n) is 13.4. The summed E-state index contributed by atoms with van der Waals surface area (Å²) >= 11 is 0. The maximum Gasteiger partial charge on any atom is 0.153 e. The first-order valence-electron chi connectivity index (χ1n) is 8.79.